The Bertz CT molecular complexity index is 202. The molecular formula is C10H16O3. The number of hydrogen-bond donors (Lipinski definition) is 1. The Labute approximate surface area is 78.3 Å². The highest BCUT2D eigenvalue weighted by atomic mass is 17.1. The maximum atomic E-state index is 10.8. The third-order valence-electron chi connectivity index (χ3n) is 2.54. The molecule has 1 rings (SSSR count). The summed E-state index contributed by atoms with van der Waals surface area (Å²) in [6.45, 7) is 1.67. The van der Waals surface area contributed by atoms with Gasteiger partial charge in [0, 0.05) is 5.57 Å². The van der Waals surface area contributed by atoms with Crippen molar-refractivity contribution in [2.75, 3.05) is 0 Å². The molecule has 13 heavy (non-hydrogen) atoms. The normalized spacial score (nSPS) is 20.0. The molecule has 1 fully saturated rings. The van der Waals surface area contributed by atoms with Crippen molar-refractivity contribution < 1.29 is 14.9 Å². The fourth-order valence-corrected chi connectivity index (χ4v) is 1.79. The van der Waals surface area contributed by atoms with Crippen LogP contribution >= 0.6 is 0 Å². The standard InChI is InChI=1S/C10H16O3/c1-8(10(11)13-12)7-9-5-3-2-4-6-9/h7,9,12H,2-6H2,1H3. The average molecular weight is 184 g/mol. The maximum absolute atomic E-state index is 10.8. The van der Waals surface area contributed by atoms with Crippen LogP contribution < -0.4 is 0 Å². The Morgan fingerprint density at radius 2 is 2.00 bits per heavy atom. The van der Waals surface area contributed by atoms with E-state index in [1.54, 1.807) is 6.92 Å². The molecule has 74 valence electrons. The van der Waals surface area contributed by atoms with Crippen LogP contribution in [0.15, 0.2) is 11.6 Å². The highest BCUT2D eigenvalue weighted by Gasteiger charge is 2.13. The van der Waals surface area contributed by atoms with Crippen LogP contribution in [0.25, 0.3) is 0 Å². The molecule has 0 saturated heterocycles. The van der Waals surface area contributed by atoms with Gasteiger partial charge in [0.2, 0.25) is 0 Å². The van der Waals surface area contributed by atoms with Crippen LogP contribution in [-0.4, -0.2) is 11.2 Å². The fraction of sp³-hybridized carbons (Fsp3) is 0.700. The molecule has 1 saturated carbocycles. The summed E-state index contributed by atoms with van der Waals surface area (Å²) in [5.41, 5.74) is 0.509. The lowest BCUT2D eigenvalue weighted by Crippen LogP contribution is -2.08. The Morgan fingerprint density at radius 1 is 1.38 bits per heavy atom. The van der Waals surface area contributed by atoms with Gasteiger partial charge >= 0.3 is 5.97 Å². The van der Waals surface area contributed by atoms with Gasteiger partial charge in [-0.25, -0.2) is 4.79 Å². The molecule has 0 spiro atoms. The zero-order valence-electron chi connectivity index (χ0n) is 7.95. The number of hydrogen-bond acceptors (Lipinski definition) is 3. The van der Waals surface area contributed by atoms with Crippen molar-refractivity contribution >= 4 is 5.97 Å². The molecule has 1 aliphatic carbocycles. The van der Waals surface area contributed by atoms with Crippen molar-refractivity contribution in [3.63, 3.8) is 0 Å². The number of carbonyl (C=O) groups is 1. The van der Waals surface area contributed by atoms with Gasteiger partial charge in [0.05, 0.1) is 0 Å². The van der Waals surface area contributed by atoms with Crippen molar-refractivity contribution in [2.24, 2.45) is 5.92 Å². The second kappa shape index (κ2) is 5.02. The van der Waals surface area contributed by atoms with Crippen molar-refractivity contribution in [3.05, 3.63) is 11.6 Å². The third kappa shape index (κ3) is 3.19. The van der Waals surface area contributed by atoms with Gasteiger partial charge in [-0.2, -0.15) is 5.26 Å². The Kier molecular flexibility index (Phi) is 3.96. The van der Waals surface area contributed by atoms with Gasteiger partial charge in [-0.1, -0.05) is 25.3 Å². The van der Waals surface area contributed by atoms with Crippen LogP contribution in [-0.2, 0) is 9.68 Å². The van der Waals surface area contributed by atoms with Gasteiger partial charge in [0.15, 0.2) is 0 Å². The lowest BCUT2D eigenvalue weighted by molar-refractivity contribution is -0.229. The molecule has 0 heterocycles. The highest BCUT2D eigenvalue weighted by molar-refractivity contribution is 5.87. The summed E-state index contributed by atoms with van der Waals surface area (Å²) >= 11 is 0. The monoisotopic (exact) mass is 184 g/mol. The maximum Gasteiger partial charge on any atom is 0.368 e. The van der Waals surface area contributed by atoms with E-state index < -0.39 is 5.97 Å². The van der Waals surface area contributed by atoms with E-state index in [-0.39, 0.29) is 0 Å². The first-order valence-electron chi connectivity index (χ1n) is 4.78. The fourth-order valence-electron chi connectivity index (χ4n) is 1.79. The van der Waals surface area contributed by atoms with Crippen LogP contribution in [0.4, 0.5) is 0 Å². The van der Waals surface area contributed by atoms with Gasteiger partial charge in [0.1, 0.15) is 0 Å². The van der Waals surface area contributed by atoms with Crippen molar-refractivity contribution in [3.8, 4) is 0 Å². The Morgan fingerprint density at radius 3 is 2.54 bits per heavy atom. The highest BCUT2D eigenvalue weighted by Crippen LogP contribution is 2.25. The molecule has 0 bridgehead atoms. The second-order valence-corrected chi connectivity index (χ2v) is 3.63. The second-order valence-electron chi connectivity index (χ2n) is 3.63. The van der Waals surface area contributed by atoms with Crippen LogP contribution in [0, 0.1) is 5.92 Å². The van der Waals surface area contributed by atoms with Crippen LogP contribution in [0.1, 0.15) is 39.0 Å². The summed E-state index contributed by atoms with van der Waals surface area (Å²) in [5, 5.41) is 8.14. The number of allylic oxidation sites excluding steroid dienone is 1. The van der Waals surface area contributed by atoms with E-state index in [4.69, 9.17) is 5.26 Å². The summed E-state index contributed by atoms with van der Waals surface area (Å²) in [4.78, 5) is 14.5. The van der Waals surface area contributed by atoms with Gasteiger partial charge < -0.3 is 0 Å². The minimum atomic E-state index is -0.634. The van der Waals surface area contributed by atoms with E-state index in [2.05, 4.69) is 4.89 Å². The minimum Gasteiger partial charge on any atom is -0.296 e. The summed E-state index contributed by atoms with van der Waals surface area (Å²) < 4.78 is 0. The van der Waals surface area contributed by atoms with Crippen LogP contribution in [0.2, 0.25) is 0 Å². The number of rotatable bonds is 2. The van der Waals surface area contributed by atoms with Crippen molar-refractivity contribution in [1.82, 2.24) is 0 Å². The number of carbonyl (C=O) groups excluding carboxylic acids is 1. The predicted molar refractivity (Wildman–Crippen MR) is 49.1 cm³/mol. The average Bonchev–Trinajstić information content (AvgIpc) is 2.18. The molecule has 0 amide bonds. The third-order valence-corrected chi connectivity index (χ3v) is 2.54. The molecule has 1 N–H and O–H groups in total. The van der Waals surface area contributed by atoms with Crippen LogP contribution in [0.5, 0.6) is 0 Å². The summed E-state index contributed by atoms with van der Waals surface area (Å²) in [6, 6.07) is 0. The first-order chi connectivity index (χ1) is 6.24. The summed E-state index contributed by atoms with van der Waals surface area (Å²) in [6.07, 6.45) is 7.99. The lowest BCUT2D eigenvalue weighted by atomic mass is 9.88. The molecule has 0 radical (unpaired) electrons. The quantitative estimate of drug-likeness (QED) is 0.407. The molecule has 0 unspecified atom stereocenters. The molecule has 0 aromatic rings. The largest absolute Gasteiger partial charge is 0.368 e. The van der Waals surface area contributed by atoms with E-state index in [1.807, 2.05) is 6.08 Å². The van der Waals surface area contributed by atoms with Gasteiger partial charge in [-0.15, -0.1) is 0 Å². The zero-order valence-corrected chi connectivity index (χ0v) is 7.95. The van der Waals surface area contributed by atoms with Crippen molar-refractivity contribution in [2.45, 2.75) is 39.0 Å². The van der Waals surface area contributed by atoms with E-state index in [9.17, 15) is 4.79 Å². The van der Waals surface area contributed by atoms with E-state index in [0.717, 1.165) is 12.8 Å². The molecular weight excluding hydrogens is 168 g/mol. The first kappa shape index (κ1) is 10.3. The predicted octanol–water partition coefficient (Wildman–Crippen LogP) is 2.53. The van der Waals surface area contributed by atoms with Crippen LogP contribution in [0.3, 0.4) is 0 Å². The minimum absolute atomic E-state index is 0.493. The molecule has 0 aliphatic heterocycles. The SMILES string of the molecule is CC(=CC1CCCCC1)C(=O)OO. The Hall–Kier alpha value is -0.830. The topological polar surface area (TPSA) is 46.5 Å². The smallest absolute Gasteiger partial charge is 0.296 e. The molecule has 1 aliphatic rings. The Balaban J connectivity index is 2.47. The van der Waals surface area contributed by atoms with E-state index >= 15 is 0 Å². The molecule has 3 nitrogen and oxygen atoms in total. The van der Waals surface area contributed by atoms with E-state index in [1.165, 1.54) is 19.3 Å². The molecule has 3 heteroatoms. The molecule has 0 aromatic carbocycles. The zero-order chi connectivity index (χ0) is 9.68. The van der Waals surface area contributed by atoms with Gasteiger partial charge in [0.25, 0.3) is 0 Å². The van der Waals surface area contributed by atoms with E-state index in [0.29, 0.717) is 11.5 Å². The summed E-state index contributed by atoms with van der Waals surface area (Å²) in [5.74, 6) is -0.140. The van der Waals surface area contributed by atoms with Gasteiger partial charge in [-0.05, 0) is 25.7 Å². The summed E-state index contributed by atoms with van der Waals surface area (Å²) in [7, 11) is 0. The molecule has 0 atom stereocenters. The van der Waals surface area contributed by atoms with Gasteiger partial charge in [-0.3, -0.25) is 4.89 Å². The van der Waals surface area contributed by atoms with Crippen molar-refractivity contribution in [1.29, 1.82) is 0 Å². The lowest BCUT2D eigenvalue weighted by Gasteiger charge is -2.18. The first-order valence-corrected chi connectivity index (χ1v) is 4.78. The molecule has 0 aromatic heterocycles.